The largest absolute Gasteiger partial charge is 0.573 e. The van der Waals surface area contributed by atoms with Crippen LogP contribution in [0.3, 0.4) is 0 Å². The van der Waals surface area contributed by atoms with Gasteiger partial charge in [-0.1, -0.05) is 163 Å². The van der Waals surface area contributed by atoms with Crippen LogP contribution in [0.2, 0.25) is 5.02 Å². The number of carbonyl (C=O) groups is 4. The average molecular weight is 1210 g/mol. The Morgan fingerprint density at radius 1 is 0.443 bits per heavy atom. The third-order valence-electron chi connectivity index (χ3n) is 14.2. The van der Waals surface area contributed by atoms with Gasteiger partial charge in [0.05, 0.1) is 11.1 Å². The number of ether oxygens (including phenoxy) is 2. The maximum absolute atomic E-state index is 12.6. The molecule has 0 saturated carbocycles. The molecule has 3 heterocycles. The Bertz CT molecular complexity index is 4520. The molecule has 1 radical (unpaired) electrons. The lowest BCUT2D eigenvalue weighted by Gasteiger charge is -2.11. The summed E-state index contributed by atoms with van der Waals surface area (Å²) in [6.45, 7) is 3.76. The number of carboxylic acid groups (broad SMARTS) is 2. The van der Waals surface area contributed by atoms with Crippen LogP contribution in [0.25, 0.3) is 66.1 Å². The number of hydrogen-bond donors (Lipinski definition) is 2. The lowest BCUT2D eigenvalue weighted by atomic mass is 10.0. The number of benzene rings is 9. The number of carboxylic acids is 2. The van der Waals surface area contributed by atoms with Gasteiger partial charge >= 0.3 is 24.7 Å². The molecule has 0 spiro atoms. The number of carbonyl (C=O) groups excluding carboxylic acids is 2. The van der Waals surface area contributed by atoms with E-state index in [9.17, 15) is 55.7 Å². The third-order valence-corrected chi connectivity index (χ3v) is 14.4. The Kier molecular flexibility index (Phi) is 17.8. The Labute approximate surface area is 504 Å². The van der Waals surface area contributed by atoms with Crippen LogP contribution in [0, 0.1) is 13.0 Å². The van der Waals surface area contributed by atoms with Crippen LogP contribution in [0.15, 0.2) is 231 Å². The normalized spacial score (nSPS) is 11.4. The molecule has 0 atom stereocenters. The lowest BCUT2D eigenvalue weighted by Crippen LogP contribution is -2.17. The number of aliphatic carboxylic acids is 2. The van der Waals surface area contributed by atoms with Gasteiger partial charge in [-0.15, -0.1) is 26.3 Å². The number of nitrogens with zero attached hydrogens (tertiary/aromatic N) is 3. The minimum atomic E-state index is -4.82. The van der Waals surface area contributed by atoms with Gasteiger partial charge in [0.15, 0.2) is 0 Å². The first kappa shape index (κ1) is 60.5. The third kappa shape index (κ3) is 14.9. The van der Waals surface area contributed by atoms with E-state index in [-0.39, 0.29) is 22.6 Å². The van der Waals surface area contributed by atoms with Gasteiger partial charge in [0, 0.05) is 82.0 Å². The molecule has 441 valence electrons. The summed E-state index contributed by atoms with van der Waals surface area (Å²) in [4.78, 5) is 47.1. The van der Waals surface area contributed by atoms with Gasteiger partial charge in [0.25, 0.3) is 11.6 Å². The first-order valence-corrected chi connectivity index (χ1v) is 27.4. The summed E-state index contributed by atoms with van der Waals surface area (Å²) in [7, 11) is 0. The summed E-state index contributed by atoms with van der Waals surface area (Å²) >= 11 is 6.12. The van der Waals surface area contributed by atoms with Crippen molar-refractivity contribution in [2.45, 2.75) is 39.3 Å². The molecule has 9 aromatic carbocycles. The van der Waals surface area contributed by atoms with Gasteiger partial charge in [0.1, 0.15) is 11.5 Å². The highest BCUT2D eigenvalue weighted by molar-refractivity contribution is 6.43. The number of halogens is 7. The number of alkyl halides is 6. The summed E-state index contributed by atoms with van der Waals surface area (Å²) in [5.41, 5.74) is 11.7. The topological polar surface area (TPSA) is 142 Å². The van der Waals surface area contributed by atoms with E-state index in [0.29, 0.717) is 45.5 Å². The molecule has 0 amide bonds. The second kappa shape index (κ2) is 25.9. The molecule has 3 aromatic heterocycles. The molecule has 0 saturated heterocycles. The zero-order valence-electron chi connectivity index (χ0n) is 46.4. The number of hydrogen-bond acceptors (Lipinski definition) is 6. The first-order valence-electron chi connectivity index (χ1n) is 27.0. The molecule has 2 N–H and O–H groups in total. The summed E-state index contributed by atoms with van der Waals surface area (Å²) in [6.07, 6.45) is -4.47. The molecule has 0 fully saturated rings. The van der Waals surface area contributed by atoms with E-state index in [2.05, 4.69) is 51.3 Å². The van der Waals surface area contributed by atoms with Crippen LogP contribution in [-0.2, 0) is 29.2 Å². The van der Waals surface area contributed by atoms with Gasteiger partial charge < -0.3 is 33.4 Å². The smallest absolute Gasteiger partial charge is 0.475 e. The van der Waals surface area contributed by atoms with Gasteiger partial charge in [-0.2, -0.15) is 0 Å². The molecule has 12 aromatic rings. The van der Waals surface area contributed by atoms with Crippen molar-refractivity contribution >= 4 is 67.8 Å². The van der Waals surface area contributed by atoms with Gasteiger partial charge in [-0.05, 0) is 124 Å². The minimum Gasteiger partial charge on any atom is -0.475 e. The number of fused-ring (bicyclic) bond motifs is 3. The van der Waals surface area contributed by atoms with Crippen molar-refractivity contribution in [3.05, 3.63) is 275 Å². The van der Waals surface area contributed by atoms with E-state index in [1.54, 1.807) is 53.2 Å². The van der Waals surface area contributed by atoms with Crippen molar-refractivity contribution in [1.29, 1.82) is 0 Å². The highest BCUT2D eigenvalue weighted by atomic mass is 35.5. The number of Topliss-reactive ketones (excluding diaryl/α,β-unsaturated/α-hetero) is 2. The molecule has 88 heavy (non-hydrogen) atoms. The van der Waals surface area contributed by atoms with Gasteiger partial charge in [0.2, 0.25) is 0 Å². The fourth-order valence-corrected chi connectivity index (χ4v) is 10.3. The van der Waals surface area contributed by atoms with Crippen molar-refractivity contribution in [3.8, 4) is 44.9 Å². The Hall–Kier alpha value is -10.7. The second-order valence-electron chi connectivity index (χ2n) is 20.3. The van der Waals surface area contributed by atoms with Gasteiger partial charge in [-0.3, -0.25) is 9.59 Å². The summed E-state index contributed by atoms with van der Waals surface area (Å²) in [6, 6.07) is 66.3. The number of aryl methyl sites for hydroxylation is 1. The van der Waals surface area contributed by atoms with E-state index in [1.165, 1.54) is 47.7 Å². The van der Waals surface area contributed by atoms with E-state index in [1.807, 2.05) is 126 Å². The van der Waals surface area contributed by atoms with Crippen LogP contribution in [0.5, 0.6) is 11.5 Å². The molecule has 0 unspecified atom stereocenters. The maximum Gasteiger partial charge on any atom is 0.573 e. The van der Waals surface area contributed by atoms with Crippen molar-refractivity contribution in [2.75, 3.05) is 0 Å². The maximum atomic E-state index is 12.6. The molecule has 12 rings (SSSR count). The molecular formula is C70H49ClF6N3O8. The van der Waals surface area contributed by atoms with Crippen LogP contribution in [0.4, 0.5) is 26.3 Å². The van der Waals surface area contributed by atoms with Crippen molar-refractivity contribution in [1.82, 2.24) is 13.7 Å². The molecule has 0 bridgehead atoms. The van der Waals surface area contributed by atoms with Crippen molar-refractivity contribution < 1.29 is 65.2 Å². The zero-order valence-corrected chi connectivity index (χ0v) is 47.1. The Morgan fingerprint density at radius 3 is 1.51 bits per heavy atom. The monoisotopic (exact) mass is 1210 g/mol. The fraction of sp³-hybridized carbons (Fsp3) is 0.0857. The number of rotatable bonds is 15. The SMILES string of the molecule is Cc1ccc(Cn2c[c]c3cc(-c4ccc(OC(F)(F)F)cc4)ccc32)cc1.O=C(O)C(=O)c1cn(Cc2ccccc2)c2cc(-c3cccc(Cl)c3)ccc12.O=C(O)C(=O)c1cn(Cc2ccccc2)c2ccc(-c3cccc(OC(F)(F)F)c3)cc12. The highest BCUT2D eigenvalue weighted by Gasteiger charge is 2.32. The van der Waals surface area contributed by atoms with Crippen LogP contribution >= 0.6 is 11.6 Å². The second-order valence-corrected chi connectivity index (χ2v) is 20.8. The average Bonchev–Trinajstić information content (AvgIpc) is 2.03. The molecule has 11 nitrogen and oxygen atoms in total. The Balaban J connectivity index is 0.000000146. The molecule has 18 heteroatoms. The predicted molar refractivity (Wildman–Crippen MR) is 325 cm³/mol. The Morgan fingerprint density at radius 2 is 0.920 bits per heavy atom. The summed E-state index contributed by atoms with van der Waals surface area (Å²) in [5.74, 6) is -5.63. The minimum absolute atomic E-state index is 0.00739. The van der Waals surface area contributed by atoms with E-state index >= 15 is 0 Å². The highest BCUT2D eigenvalue weighted by Crippen LogP contribution is 2.35. The lowest BCUT2D eigenvalue weighted by molar-refractivity contribution is -0.275. The number of ketones is 2. The predicted octanol–water partition coefficient (Wildman–Crippen LogP) is 17.2. The quantitative estimate of drug-likeness (QED) is 0.0587. The summed E-state index contributed by atoms with van der Waals surface area (Å²) < 4.78 is 88.3. The summed E-state index contributed by atoms with van der Waals surface area (Å²) in [5, 5.41) is 21.0. The first-order chi connectivity index (χ1) is 42.1. The van der Waals surface area contributed by atoms with E-state index in [0.717, 1.165) is 56.3 Å². The van der Waals surface area contributed by atoms with Crippen molar-refractivity contribution in [3.63, 3.8) is 0 Å². The molecule has 0 aliphatic heterocycles. The molecule has 0 aliphatic rings. The van der Waals surface area contributed by atoms with E-state index < -0.39 is 36.2 Å². The number of aromatic nitrogens is 3. The fourth-order valence-electron chi connectivity index (χ4n) is 10.1. The van der Waals surface area contributed by atoms with Crippen molar-refractivity contribution in [2.24, 2.45) is 0 Å². The van der Waals surface area contributed by atoms with Gasteiger partial charge in [-0.25, -0.2) is 9.59 Å². The van der Waals surface area contributed by atoms with Crippen LogP contribution in [0.1, 0.15) is 43.0 Å². The van der Waals surface area contributed by atoms with E-state index in [4.69, 9.17) is 11.6 Å². The molecule has 0 aliphatic carbocycles. The van der Waals surface area contributed by atoms with Crippen LogP contribution in [-0.4, -0.2) is 60.1 Å². The van der Waals surface area contributed by atoms with Crippen LogP contribution < -0.4 is 9.47 Å². The zero-order chi connectivity index (χ0) is 62.3. The molecular weight excluding hydrogens is 1160 g/mol. The standard InChI is InChI=1S/C24H16F3NO4.C23H16ClNO3.C23H17F3NO/c25-24(26,27)32-18-8-4-7-16(11-18)17-9-10-21-19(12-17)20(22(29)23(30)31)14-28(21)13-15-5-2-1-3-6-15;24-18-8-4-7-16(11-18)17-9-10-19-20(22(26)23(27)28)14-25(21(19)12-17)13-15-5-2-1-3-6-15;1-16-2-4-17(5-3-16)15-27-13-12-20-14-19(8-11-22(20)27)18-6-9-21(10-7-18)28-23(24,25)26/h1-12,14H,13H2,(H,30,31);1-12,14H,13H2,(H,27,28);2-11,13-14H,15H2,1H3.